The zero-order valence-corrected chi connectivity index (χ0v) is 9.27. The van der Waals surface area contributed by atoms with E-state index in [9.17, 15) is 14.9 Å². The maximum atomic E-state index is 11.2. The number of ether oxygens (including phenoxy) is 1. The molecule has 0 atom stereocenters. The van der Waals surface area contributed by atoms with E-state index in [2.05, 4.69) is 6.54 Å². The molecule has 89 valence electrons. The van der Waals surface area contributed by atoms with Crippen LogP contribution in [-0.4, -0.2) is 40.9 Å². The zero-order valence-electron chi connectivity index (χ0n) is 9.27. The lowest BCUT2D eigenvalue weighted by Crippen LogP contribution is -2.32. The summed E-state index contributed by atoms with van der Waals surface area (Å²) in [6.07, 6.45) is 2.48. The number of hydrogen-bond donors (Lipinski definition) is 0. The second kappa shape index (κ2) is 6.09. The molecule has 0 bridgehead atoms. The number of nitro groups is 1. The lowest BCUT2D eigenvalue weighted by atomic mass is 10.1. The topological polar surface area (TPSA) is 72.5 Å². The Bertz CT molecular complexity index is 312. The van der Waals surface area contributed by atoms with E-state index < -0.39 is 5.97 Å². The molecule has 1 heterocycles. The number of carbonyl (C=O) groups is 1. The normalized spacial score (nSPS) is 15.8. The van der Waals surface area contributed by atoms with Crippen LogP contribution in [0, 0.1) is 16.7 Å². The molecule has 0 aliphatic carbocycles. The van der Waals surface area contributed by atoms with Gasteiger partial charge in [0.25, 0.3) is 0 Å². The predicted octanol–water partition coefficient (Wildman–Crippen LogP) is 0.502. The maximum absolute atomic E-state index is 11.2. The Kier molecular flexibility index (Phi) is 4.75. The number of nitrogens with zero attached hydrogens (tertiary/aromatic N) is 2. The molecule has 0 unspecified atom stereocenters. The Hall–Kier alpha value is -1.59. The lowest BCUT2D eigenvalue weighted by molar-refractivity contribution is -0.514. The van der Waals surface area contributed by atoms with Crippen LogP contribution in [0.25, 0.3) is 0 Å². The number of hydrogen-bond acceptors (Lipinski definition) is 4. The van der Waals surface area contributed by atoms with E-state index >= 15 is 0 Å². The van der Waals surface area contributed by atoms with Crippen molar-refractivity contribution in [3.63, 3.8) is 0 Å². The maximum Gasteiger partial charge on any atom is 0.305 e. The van der Waals surface area contributed by atoms with Gasteiger partial charge in [-0.3, -0.25) is 14.9 Å². The van der Waals surface area contributed by atoms with Gasteiger partial charge in [-0.1, -0.05) is 6.42 Å². The zero-order chi connectivity index (χ0) is 12.0. The third kappa shape index (κ3) is 3.88. The second-order valence-electron chi connectivity index (χ2n) is 3.50. The van der Waals surface area contributed by atoms with Crippen molar-refractivity contribution >= 4 is 11.7 Å². The van der Waals surface area contributed by atoms with Crippen LogP contribution in [0.5, 0.6) is 0 Å². The Balaban J connectivity index is 2.66. The van der Waals surface area contributed by atoms with E-state index in [4.69, 9.17) is 4.74 Å². The van der Waals surface area contributed by atoms with E-state index in [0.717, 1.165) is 12.8 Å². The van der Waals surface area contributed by atoms with Crippen molar-refractivity contribution in [3.05, 3.63) is 16.7 Å². The minimum Gasteiger partial charge on any atom is -0.473 e. The third-order valence-corrected chi connectivity index (χ3v) is 2.29. The second-order valence-corrected chi connectivity index (χ2v) is 3.50. The molecule has 1 rings (SSSR count). The molecule has 0 amide bonds. The van der Waals surface area contributed by atoms with Gasteiger partial charge in [-0.2, -0.15) is 0 Å². The van der Waals surface area contributed by atoms with Gasteiger partial charge >= 0.3 is 5.97 Å². The highest BCUT2D eigenvalue weighted by Crippen LogP contribution is 2.08. The van der Waals surface area contributed by atoms with Gasteiger partial charge in [0.1, 0.15) is 13.1 Å². The van der Waals surface area contributed by atoms with E-state index in [1.807, 2.05) is 0 Å². The first-order chi connectivity index (χ1) is 7.63. The molecule has 0 aromatic heterocycles. The molecule has 1 aliphatic heterocycles. The van der Waals surface area contributed by atoms with Crippen molar-refractivity contribution in [2.45, 2.75) is 26.2 Å². The minimum absolute atomic E-state index is 0.230. The van der Waals surface area contributed by atoms with Crippen LogP contribution in [0.15, 0.2) is 0 Å². The summed E-state index contributed by atoms with van der Waals surface area (Å²) in [5.41, 5.74) is 0.629. The highest BCUT2D eigenvalue weighted by Gasteiger charge is 2.18. The van der Waals surface area contributed by atoms with E-state index in [0.29, 0.717) is 18.7 Å². The molecule has 0 N–H and O–H groups in total. The standard InChI is InChI=1S/C10H15N2O4/c1-2-16-10(13)8-11-6-4-3-5-9(11)7-12(14)15/h2-7H2,1H3. The fraction of sp³-hybridized carbons (Fsp3) is 0.700. The van der Waals surface area contributed by atoms with Gasteiger partial charge in [-0.05, 0) is 13.3 Å². The van der Waals surface area contributed by atoms with Gasteiger partial charge in [0, 0.05) is 11.3 Å². The van der Waals surface area contributed by atoms with Crippen molar-refractivity contribution < 1.29 is 19.0 Å². The molecule has 0 spiro atoms. The molecular weight excluding hydrogens is 212 g/mol. The van der Waals surface area contributed by atoms with Gasteiger partial charge in [-0.15, -0.1) is 0 Å². The van der Waals surface area contributed by atoms with Crippen LogP contribution in [0.3, 0.4) is 0 Å². The predicted molar refractivity (Wildman–Crippen MR) is 55.7 cm³/mol. The molecule has 0 aromatic carbocycles. The Labute approximate surface area is 94.1 Å². The lowest BCUT2D eigenvalue weighted by Gasteiger charge is -2.19. The summed E-state index contributed by atoms with van der Waals surface area (Å²) >= 11 is 0. The van der Waals surface area contributed by atoms with Crippen molar-refractivity contribution in [2.75, 3.05) is 19.7 Å². The van der Waals surface area contributed by atoms with Gasteiger partial charge in [0.15, 0.2) is 0 Å². The van der Waals surface area contributed by atoms with Crippen LogP contribution in [0.2, 0.25) is 0 Å². The van der Waals surface area contributed by atoms with Crippen LogP contribution in [0.1, 0.15) is 26.2 Å². The molecular formula is C10H15N2O4. The third-order valence-electron chi connectivity index (χ3n) is 2.29. The highest BCUT2D eigenvalue weighted by atomic mass is 16.6. The summed E-state index contributed by atoms with van der Waals surface area (Å²) in [6.45, 7) is 4.86. The van der Waals surface area contributed by atoms with Gasteiger partial charge in [-0.25, -0.2) is 0 Å². The molecule has 6 heteroatoms. The molecule has 0 aromatic rings. The molecule has 1 aliphatic rings. The monoisotopic (exact) mass is 227 g/mol. The van der Waals surface area contributed by atoms with E-state index in [1.54, 1.807) is 6.92 Å². The fourth-order valence-corrected chi connectivity index (χ4v) is 1.61. The molecule has 0 fully saturated rings. The first-order valence-corrected chi connectivity index (χ1v) is 5.31. The van der Waals surface area contributed by atoms with E-state index in [-0.39, 0.29) is 18.1 Å². The molecule has 0 saturated carbocycles. The van der Waals surface area contributed by atoms with Crippen LogP contribution in [-0.2, 0) is 9.53 Å². The van der Waals surface area contributed by atoms with Crippen LogP contribution in [0.4, 0.5) is 0 Å². The molecule has 6 nitrogen and oxygen atoms in total. The summed E-state index contributed by atoms with van der Waals surface area (Å²) in [6, 6.07) is 0. The first-order valence-electron chi connectivity index (χ1n) is 5.31. The molecule has 1 radical (unpaired) electrons. The quantitative estimate of drug-likeness (QED) is 0.225. The SMILES string of the molecule is CCOC(=O)[C-][N+]1=C(C[N+](=O)[O-])CCCC1. The Morgan fingerprint density at radius 2 is 2.38 bits per heavy atom. The summed E-state index contributed by atoms with van der Waals surface area (Å²) < 4.78 is 6.26. The first kappa shape index (κ1) is 12.5. The van der Waals surface area contributed by atoms with Crippen LogP contribution >= 0.6 is 0 Å². The fourth-order valence-electron chi connectivity index (χ4n) is 1.61. The average Bonchev–Trinajstić information content (AvgIpc) is 2.20. The van der Waals surface area contributed by atoms with Gasteiger partial charge in [0.2, 0.25) is 6.54 Å². The van der Waals surface area contributed by atoms with Gasteiger partial charge < -0.3 is 9.31 Å². The molecule has 16 heavy (non-hydrogen) atoms. The summed E-state index contributed by atoms with van der Waals surface area (Å²) in [5.74, 6) is -0.565. The Morgan fingerprint density at radius 3 is 3.00 bits per heavy atom. The number of esters is 1. The summed E-state index contributed by atoms with van der Waals surface area (Å²) in [5, 5.41) is 10.4. The van der Waals surface area contributed by atoms with Crippen LogP contribution < -0.4 is 0 Å². The largest absolute Gasteiger partial charge is 0.473 e. The molecule has 0 saturated heterocycles. The van der Waals surface area contributed by atoms with Crippen molar-refractivity contribution in [1.29, 1.82) is 0 Å². The van der Waals surface area contributed by atoms with Gasteiger partial charge in [0.05, 0.1) is 12.3 Å². The minimum atomic E-state index is -0.565. The average molecular weight is 227 g/mol. The van der Waals surface area contributed by atoms with Crippen molar-refractivity contribution in [1.82, 2.24) is 0 Å². The summed E-state index contributed by atoms with van der Waals surface area (Å²) in [4.78, 5) is 21.2. The van der Waals surface area contributed by atoms with Crippen molar-refractivity contribution in [3.8, 4) is 0 Å². The Morgan fingerprint density at radius 1 is 1.62 bits per heavy atom. The van der Waals surface area contributed by atoms with Crippen molar-refractivity contribution in [2.24, 2.45) is 0 Å². The number of carbonyl (C=O) groups excluding carboxylic acids is 1. The van der Waals surface area contributed by atoms with E-state index in [1.165, 1.54) is 4.58 Å². The number of rotatable bonds is 5. The summed E-state index contributed by atoms with van der Waals surface area (Å²) in [7, 11) is 0. The highest BCUT2D eigenvalue weighted by molar-refractivity contribution is 5.84. The smallest absolute Gasteiger partial charge is 0.305 e.